The Kier molecular flexibility index (Phi) is 1.66. The van der Waals surface area contributed by atoms with Crippen LogP contribution in [-0.2, 0) is 4.79 Å². The molecule has 0 saturated heterocycles. The average Bonchev–Trinajstić information content (AvgIpc) is 2.46. The summed E-state index contributed by atoms with van der Waals surface area (Å²) in [5.41, 5.74) is 0. The van der Waals surface area contributed by atoms with E-state index in [4.69, 9.17) is 21.1 Å². The van der Waals surface area contributed by atoms with Gasteiger partial charge in [0.2, 0.25) is 0 Å². The molecule has 0 aromatic heterocycles. The van der Waals surface area contributed by atoms with Gasteiger partial charge in [0.1, 0.15) is 0 Å². The summed E-state index contributed by atoms with van der Waals surface area (Å²) in [6.07, 6.45) is -0.982. The zero-order valence-corrected chi connectivity index (χ0v) is 6.75. The van der Waals surface area contributed by atoms with Gasteiger partial charge in [0.05, 0.1) is 0 Å². The van der Waals surface area contributed by atoms with Gasteiger partial charge in [-0.05, 0) is 23.7 Å². The molecule has 0 N–H and O–H groups in total. The van der Waals surface area contributed by atoms with Crippen molar-refractivity contribution >= 4 is 16.8 Å². The third-order valence-corrected chi connectivity index (χ3v) is 1.68. The number of halogens is 1. The van der Waals surface area contributed by atoms with Gasteiger partial charge >= 0.3 is 11.5 Å². The molecule has 4 heteroatoms. The lowest BCUT2D eigenvalue weighted by molar-refractivity contribution is -0.125. The van der Waals surface area contributed by atoms with Crippen molar-refractivity contribution in [3.8, 4) is 11.5 Å². The van der Waals surface area contributed by atoms with Gasteiger partial charge in [-0.15, -0.1) is 0 Å². The van der Waals surface area contributed by atoms with E-state index in [1.165, 1.54) is 0 Å². The van der Waals surface area contributed by atoms with E-state index in [9.17, 15) is 4.79 Å². The van der Waals surface area contributed by atoms with Crippen molar-refractivity contribution in [3.05, 3.63) is 24.3 Å². The number of carbonyl (C=O) groups excluding carboxylic acids is 1. The Labute approximate surface area is 73.8 Å². The molecule has 62 valence electrons. The van der Waals surface area contributed by atoms with Crippen molar-refractivity contribution < 1.29 is 14.3 Å². The Morgan fingerprint density at radius 2 is 1.75 bits per heavy atom. The molecule has 2 rings (SSSR count). The minimum Gasteiger partial charge on any atom is -0.443 e. The van der Waals surface area contributed by atoms with Gasteiger partial charge in [-0.2, -0.15) is 0 Å². The summed E-state index contributed by atoms with van der Waals surface area (Å²) in [7, 11) is 0. The summed E-state index contributed by atoms with van der Waals surface area (Å²) < 4.78 is 10.1. The molecule has 3 nitrogen and oxygen atoms in total. The zero-order chi connectivity index (χ0) is 8.55. The van der Waals surface area contributed by atoms with E-state index < -0.39 is 11.5 Å². The molecule has 0 bridgehead atoms. The van der Waals surface area contributed by atoms with E-state index >= 15 is 0 Å². The van der Waals surface area contributed by atoms with Crippen LogP contribution in [-0.4, -0.2) is 11.5 Å². The second kappa shape index (κ2) is 2.68. The monoisotopic (exact) mass is 184 g/mol. The molecule has 0 saturated carbocycles. The summed E-state index contributed by atoms with van der Waals surface area (Å²) in [4.78, 5) is 10.6. The van der Waals surface area contributed by atoms with E-state index in [0.717, 1.165) is 0 Å². The van der Waals surface area contributed by atoms with Crippen molar-refractivity contribution in [2.45, 2.75) is 6.29 Å². The Hall–Kier alpha value is -1.22. The maximum atomic E-state index is 10.6. The molecule has 0 amide bonds. The van der Waals surface area contributed by atoms with Crippen LogP contribution >= 0.6 is 11.6 Å². The molecule has 0 aliphatic carbocycles. The van der Waals surface area contributed by atoms with E-state index in [1.807, 2.05) is 0 Å². The van der Waals surface area contributed by atoms with Crippen LogP contribution in [0.25, 0.3) is 0 Å². The number of carbonyl (C=O) groups is 1. The second-order valence-corrected chi connectivity index (χ2v) is 2.69. The molecule has 1 aromatic carbocycles. The van der Waals surface area contributed by atoms with Crippen molar-refractivity contribution in [2.75, 3.05) is 0 Å². The molecule has 1 heterocycles. The molecular formula is C8H5ClO3. The van der Waals surface area contributed by atoms with E-state index in [0.29, 0.717) is 11.5 Å². The lowest BCUT2D eigenvalue weighted by Gasteiger charge is -2.02. The fourth-order valence-electron chi connectivity index (χ4n) is 0.992. The minimum absolute atomic E-state index is 0.552. The van der Waals surface area contributed by atoms with Gasteiger partial charge in [-0.1, -0.05) is 12.1 Å². The average molecular weight is 185 g/mol. The van der Waals surface area contributed by atoms with Crippen LogP contribution in [0.2, 0.25) is 0 Å². The summed E-state index contributed by atoms with van der Waals surface area (Å²) in [6, 6.07) is 7.02. The quantitative estimate of drug-likeness (QED) is 0.622. The number of hydrogen-bond donors (Lipinski definition) is 0. The number of ether oxygens (including phenoxy) is 2. The molecule has 0 unspecified atom stereocenters. The van der Waals surface area contributed by atoms with E-state index in [2.05, 4.69) is 0 Å². The lowest BCUT2D eigenvalue weighted by atomic mass is 10.3. The first-order valence-corrected chi connectivity index (χ1v) is 3.77. The van der Waals surface area contributed by atoms with Crippen LogP contribution in [0.15, 0.2) is 24.3 Å². The molecule has 0 spiro atoms. The molecule has 1 aliphatic rings. The number of fused-ring (bicyclic) bond motifs is 1. The van der Waals surface area contributed by atoms with Gasteiger partial charge in [-0.25, -0.2) is 0 Å². The van der Waals surface area contributed by atoms with Crippen LogP contribution in [0.4, 0.5) is 0 Å². The second-order valence-electron chi connectivity index (χ2n) is 2.32. The van der Waals surface area contributed by atoms with E-state index in [-0.39, 0.29) is 0 Å². The predicted molar refractivity (Wildman–Crippen MR) is 42.3 cm³/mol. The molecule has 0 atom stereocenters. The van der Waals surface area contributed by atoms with Gasteiger partial charge in [0.15, 0.2) is 11.5 Å². The Morgan fingerprint density at radius 3 is 2.17 bits per heavy atom. The summed E-state index contributed by atoms with van der Waals surface area (Å²) >= 11 is 5.19. The largest absolute Gasteiger partial charge is 0.443 e. The highest BCUT2D eigenvalue weighted by atomic mass is 35.5. The Morgan fingerprint density at radius 1 is 1.25 bits per heavy atom. The van der Waals surface area contributed by atoms with Crippen molar-refractivity contribution in [1.82, 2.24) is 0 Å². The van der Waals surface area contributed by atoms with Crippen molar-refractivity contribution in [3.63, 3.8) is 0 Å². The first-order valence-electron chi connectivity index (χ1n) is 3.39. The van der Waals surface area contributed by atoms with Gasteiger partial charge in [0, 0.05) is 0 Å². The SMILES string of the molecule is O=C(Cl)C1Oc2ccccc2O1. The van der Waals surface area contributed by atoms with E-state index in [1.54, 1.807) is 24.3 Å². The zero-order valence-electron chi connectivity index (χ0n) is 5.99. The van der Waals surface area contributed by atoms with Crippen LogP contribution < -0.4 is 9.47 Å². The molecule has 0 fully saturated rings. The fourth-order valence-corrected chi connectivity index (χ4v) is 1.08. The first kappa shape index (κ1) is 7.43. The highest BCUT2D eigenvalue weighted by molar-refractivity contribution is 6.64. The third-order valence-electron chi connectivity index (χ3n) is 1.50. The fraction of sp³-hybridized carbons (Fsp3) is 0.125. The third kappa shape index (κ3) is 1.12. The van der Waals surface area contributed by atoms with Gasteiger partial charge in [0.25, 0.3) is 0 Å². The summed E-state index contributed by atoms with van der Waals surface area (Å²) in [5.74, 6) is 1.10. The minimum atomic E-state index is -0.982. The maximum Gasteiger partial charge on any atom is 0.316 e. The highest BCUT2D eigenvalue weighted by Crippen LogP contribution is 2.34. The Bertz CT molecular complexity index is 299. The van der Waals surface area contributed by atoms with Gasteiger partial charge < -0.3 is 9.47 Å². The molecule has 1 aromatic rings. The summed E-state index contributed by atoms with van der Waals surface area (Å²) in [6.45, 7) is 0. The topological polar surface area (TPSA) is 35.5 Å². The number of rotatable bonds is 1. The van der Waals surface area contributed by atoms with Crippen molar-refractivity contribution in [1.29, 1.82) is 0 Å². The normalized spacial score (nSPS) is 14.8. The number of hydrogen-bond acceptors (Lipinski definition) is 3. The molecule has 0 radical (unpaired) electrons. The number of benzene rings is 1. The predicted octanol–water partition coefficient (Wildman–Crippen LogP) is 1.55. The van der Waals surface area contributed by atoms with Crippen LogP contribution in [0.3, 0.4) is 0 Å². The number of para-hydroxylation sites is 2. The molecule has 12 heavy (non-hydrogen) atoms. The van der Waals surface area contributed by atoms with Crippen LogP contribution in [0.5, 0.6) is 11.5 Å². The Balaban J connectivity index is 2.27. The lowest BCUT2D eigenvalue weighted by Crippen LogP contribution is -2.24. The first-order chi connectivity index (χ1) is 5.77. The smallest absolute Gasteiger partial charge is 0.316 e. The standard InChI is InChI=1S/C8H5ClO3/c9-7(10)8-11-5-3-1-2-4-6(5)12-8/h1-4,8H. The molecule has 1 aliphatic heterocycles. The van der Waals surface area contributed by atoms with Crippen LogP contribution in [0, 0.1) is 0 Å². The van der Waals surface area contributed by atoms with Crippen molar-refractivity contribution in [2.24, 2.45) is 0 Å². The maximum absolute atomic E-state index is 10.6. The van der Waals surface area contributed by atoms with Gasteiger partial charge in [-0.3, -0.25) is 4.79 Å². The van der Waals surface area contributed by atoms with Crippen LogP contribution in [0.1, 0.15) is 0 Å². The summed E-state index contributed by atoms with van der Waals surface area (Å²) in [5, 5.41) is -0.647. The molecular weight excluding hydrogens is 180 g/mol. The highest BCUT2D eigenvalue weighted by Gasteiger charge is 2.28.